The van der Waals surface area contributed by atoms with Crippen LogP contribution < -0.4 is 4.74 Å². The lowest BCUT2D eigenvalue weighted by molar-refractivity contribution is -0.0785. The van der Waals surface area contributed by atoms with Crippen LogP contribution in [0.1, 0.15) is 0 Å². The van der Waals surface area contributed by atoms with Crippen LogP contribution in [0.3, 0.4) is 0 Å². The summed E-state index contributed by atoms with van der Waals surface area (Å²) in [7, 11) is 0. The second kappa shape index (κ2) is 6.57. The molecule has 0 aliphatic carbocycles. The van der Waals surface area contributed by atoms with Gasteiger partial charge in [0.05, 0.1) is 6.10 Å². The second-order valence-electron chi connectivity index (χ2n) is 4.85. The third kappa shape index (κ3) is 3.05. The highest BCUT2D eigenvalue weighted by molar-refractivity contribution is 7.99. The molecule has 116 valence electrons. The maximum absolute atomic E-state index is 10.0. The summed E-state index contributed by atoms with van der Waals surface area (Å²) in [6.07, 6.45) is 2.90. The predicted molar refractivity (Wildman–Crippen MR) is 80.2 cm³/mol. The number of hydrogen-bond donors (Lipinski definition) is 3. The van der Waals surface area contributed by atoms with E-state index < -0.39 is 23.7 Å². The monoisotopic (exact) mass is 321 g/mol. The number of aliphatic hydroxyl groups excluding tert-OH is 3. The highest BCUT2D eigenvalue weighted by atomic mass is 32.2. The van der Waals surface area contributed by atoms with E-state index in [1.165, 1.54) is 18.1 Å². The van der Waals surface area contributed by atoms with Gasteiger partial charge in [-0.05, 0) is 12.1 Å². The molecular weight excluding hydrogens is 306 g/mol. The maximum Gasteiger partial charge on any atom is 0.173 e. The van der Waals surface area contributed by atoms with Gasteiger partial charge in [-0.1, -0.05) is 0 Å². The van der Waals surface area contributed by atoms with E-state index in [9.17, 15) is 15.3 Å². The smallest absolute Gasteiger partial charge is 0.173 e. The SMILES string of the molecule is O[C@H]1[C@H](O)CSC(Oc2cccnc2-c2cncnc2)[C@@H]1O. The van der Waals surface area contributed by atoms with E-state index in [-0.39, 0.29) is 5.75 Å². The Hall–Kier alpha value is -1.74. The third-order valence-electron chi connectivity index (χ3n) is 3.30. The summed E-state index contributed by atoms with van der Waals surface area (Å²) in [5.74, 6) is 0.741. The van der Waals surface area contributed by atoms with Gasteiger partial charge in [0.25, 0.3) is 0 Å². The molecule has 0 saturated carbocycles. The minimum Gasteiger partial charge on any atom is -0.475 e. The Morgan fingerprint density at radius 1 is 1.14 bits per heavy atom. The Balaban J connectivity index is 1.84. The van der Waals surface area contributed by atoms with Crippen LogP contribution >= 0.6 is 11.8 Å². The highest BCUT2D eigenvalue weighted by Crippen LogP contribution is 2.33. The van der Waals surface area contributed by atoms with Gasteiger partial charge in [0.2, 0.25) is 0 Å². The maximum atomic E-state index is 10.0. The predicted octanol–water partition coefficient (Wildman–Crippen LogP) is 0.0730. The van der Waals surface area contributed by atoms with Crippen LogP contribution in [0.2, 0.25) is 0 Å². The zero-order valence-corrected chi connectivity index (χ0v) is 12.3. The Bertz CT molecular complexity index is 630. The number of rotatable bonds is 3. The second-order valence-corrected chi connectivity index (χ2v) is 5.98. The summed E-state index contributed by atoms with van der Waals surface area (Å²) in [5, 5.41) is 29.3. The van der Waals surface area contributed by atoms with Gasteiger partial charge in [-0.15, -0.1) is 11.8 Å². The van der Waals surface area contributed by atoms with Crippen molar-refractivity contribution in [2.45, 2.75) is 23.7 Å². The molecule has 4 atom stereocenters. The summed E-state index contributed by atoms with van der Waals surface area (Å²) in [5.41, 5.74) is 0.552. The van der Waals surface area contributed by atoms with Crippen molar-refractivity contribution in [1.82, 2.24) is 15.0 Å². The van der Waals surface area contributed by atoms with Crippen LogP contribution in [0.5, 0.6) is 5.75 Å². The average molecular weight is 321 g/mol. The lowest BCUT2D eigenvalue weighted by Crippen LogP contribution is -2.50. The van der Waals surface area contributed by atoms with Crippen molar-refractivity contribution in [1.29, 1.82) is 0 Å². The van der Waals surface area contributed by atoms with Gasteiger partial charge in [-0.25, -0.2) is 9.97 Å². The minimum atomic E-state index is -1.23. The largest absolute Gasteiger partial charge is 0.475 e. The van der Waals surface area contributed by atoms with E-state index in [1.807, 2.05) is 0 Å². The van der Waals surface area contributed by atoms with Gasteiger partial charge < -0.3 is 20.1 Å². The van der Waals surface area contributed by atoms with E-state index in [4.69, 9.17) is 4.74 Å². The molecule has 1 fully saturated rings. The molecule has 0 aromatic carbocycles. The van der Waals surface area contributed by atoms with Crippen LogP contribution in [0.4, 0.5) is 0 Å². The number of aliphatic hydroxyl groups is 3. The van der Waals surface area contributed by atoms with Crippen molar-refractivity contribution in [2.24, 2.45) is 0 Å². The number of ether oxygens (including phenoxy) is 1. The van der Waals surface area contributed by atoms with Gasteiger partial charge in [0, 0.05) is 29.9 Å². The molecule has 3 heterocycles. The fraction of sp³-hybridized carbons (Fsp3) is 0.357. The van der Waals surface area contributed by atoms with Crippen molar-refractivity contribution in [3.63, 3.8) is 0 Å². The fourth-order valence-electron chi connectivity index (χ4n) is 2.13. The molecule has 0 bridgehead atoms. The van der Waals surface area contributed by atoms with Gasteiger partial charge in [-0.2, -0.15) is 0 Å². The number of aromatic nitrogens is 3. The fourth-order valence-corrected chi connectivity index (χ4v) is 3.25. The Morgan fingerprint density at radius 3 is 2.68 bits per heavy atom. The van der Waals surface area contributed by atoms with Crippen LogP contribution in [0, 0.1) is 0 Å². The molecule has 1 unspecified atom stereocenters. The molecule has 3 rings (SSSR count). The van der Waals surface area contributed by atoms with Gasteiger partial charge >= 0.3 is 0 Å². The molecule has 0 amide bonds. The van der Waals surface area contributed by atoms with Crippen molar-refractivity contribution >= 4 is 11.8 Å². The van der Waals surface area contributed by atoms with Gasteiger partial charge in [0.15, 0.2) is 5.44 Å². The number of thioether (sulfide) groups is 1. The topological polar surface area (TPSA) is 109 Å². The summed E-state index contributed by atoms with van der Waals surface area (Å²) in [4.78, 5) is 12.2. The molecule has 8 heteroatoms. The van der Waals surface area contributed by atoms with Crippen LogP contribution in [-0.2, 0) is 0 Å². The summed E-state index contributed by atoms with van der Waals surface area (Å²) < 4.78 is 5.80. The van der Waals surface area contributed by atoms with Crippen molar-refractivity contribution in [3.8, 4) is 17.0 Å². The Labute approximate surface area is 131 Å². The number of hydrogen-bond acceptors (Lipinski definition) is 8. The van der Waals surface area contributed by atoms with E-state index in [0.29, 0.717) is 17.0 Å². The van der Waals surface area contributed by atoms with Crippen molar-refractivity contribution in [3.05, 3.63) is 37.1 Å². The lowest BCUT2D eigenvalue weighted by atomic mass is 10.1. The molecule has 2 aromatic heterocycles. The lowest BCUT2D eigenvalue weighted by Gasteiger charge is -2.34. The summed E-state index contributed by atoms with van der Waals surface area (Å²) in [6, 6.07) is 3.44. The molecule has 2 aromatic rings. The summed E-state index contributed by atoms with van der Waals surface area (Å²) >= 11 is 1.24. The first-order valence-electron chi connectivity index (χ1n) is 6.69. The van der Waals surface area contributed by atoms with Crippen molar-refractivity contribution in [2.75, 3.05) is 5.75 Å². The molecule has 0 spiro atoms. The van der Waals surface area contributed by atoms with E-state index in [0.717, 1.165) is 0 Å². The molecule has 0 radical (unpaired) electrons. The Kier molecular flexibility index (Phi) is 4.53. The number of nitrogens with zero attached hydrogens (tertiary/aromatic N) is 3. The van der Waals surface area contributed by atoms with E-state index in [1.54, 1.807) is 30.7 Å². The van der Waals surface area contributed by atoms with Crippen LogP contribution in [0.25, 0.3) is 11.3 Å². The molecule has 1 saturated heterocycles. The standard InChI is InChI=1S/C14H15N3O4S/c18-9-6-22-14(13(20)12(9)19)21-10-2-1-3-17-11(10)8-4-15-7-16-5-8/h1-5,7,9,12-14,18-20H,6H2/t9-,12+,13-,14?/m1/s1. The third-order valence-corrected chi connectivity index (χ3v) is 4.54. The highest BCUT2D eigenvalue weighted by Gasteiger charge is 2.38. The van der Waals surface area contributed by atoms with Crippen LogP contribution in [-0.4, -0.2) is 59.8 Å². The average Bonchev–Trinajstić information content (AvgIpc) is 2.57. The number of pyridine rings is 1. The van der Waals surface area contributed by atoms with Gasteiger partial charge in [0.1, 0.15) is 30.0 Å². The van der Waals surface area contributed by atoms with Gasteiger partial charge in [-0.3, -0.25) is 4.98 Å². The summed E-state index contributed by atoms with van der Waals surface area (Å²) in [6.45, 7) is 0. The first-order chi connectivity index (χ1) is 10.7. The van der Waals surface area contributed by atoms with Crippen molar-refractivity contribution < 1.29 is 20.1 Å². The molecular formula is C14H15N3O4S. The van der Waals surface area contributed by atoms with Crippen LogP contribution in [0.15, 0.2) is 37.1 Å². The molecule has 7 nitrogen and oxygen atoms in total. The molecule has 22 heavy (non-hydrogen) atoms. The van der Waals surface area contributed by atoms with E-state index in [2.05, 4.69) is 15.0 Å². The molecule has 1 aliphatic heterocycles. The quantitative estimate of drug-likeness (QED) is 0.729. The van der Waals surface area contributed by atoms with E-state index >= 15 is 0 Å². The zero-order chi connectivity index (χ0) is 15.5. The first kappa shape index (κ1) is 15.2. The first-order valence-corrected chi connectivity index (χ1v) is 7.74. The minimum absolute atomic E-state index is 0.285. The molecule has 1 aliphatic rings. The zero-order valence-electron chi connectivity index (χ0n) is 11.5. The Morgan fingerprint density at radius 2 is 1.91 bits per heavy atom. The molecule has 3 N–H and O–H groups in total. The normalized spacial score (nSPS) is 28.3.